The number of benzene rings is 2. The Labute approximate surface area is 121 Å². The molecule has 0 amide bonds. The first-order valence-electron chi connectivity index (χ1n) is 5.84. The highest BCUT2D eigenvalue weighted by atomic mass is 79.9. The van der Waals surface area contributed by atoms with Gasteiger partial charge >= 0.3 is 0 Å². The zero-order valence-corrected chi connectivity index (χ0v) is 12.1. The summed E-state index contributed by atoms with van der Waals surface area (Å²) in [5.74, 6) is 1.27. The summed E-state index contributed by atoms with van der Waals surface area (Å²) in [5.41, 5.74) is 1.70. The van der Waals surface area contributed by atoms with Crippen LogP contribution in [0, 0.1) is 11.3 Å². The Kier molecular flexibility index (Phi) is 4.56. The molecule has 2 aromatic carbocycles. The van der Waals surface area contributed by atoms with Gasteiger partial charge in [-0.3, -0.25) is 0 Å². The number of nitrogens with one attached hydrogen (secondary N) is 1. The van der Waals surface area contributed by atoms with Gasteiger partial charge in [0.1, 0.15) is 17.6 Å². The van der Waals surface area contributed by atoms with Crippen molar-refractivity contribution in [3.63, 3.8) is 0 Å². The van der Waals surface area contributed by atoms with Crippen molar-refractivity contribution in [1.82, 2.24) is 5.32 Å². The maximum Gasteiger partial charge on any atom is 0.146 e. The molecule has 0 atom stereocenters. The molecule has 4 heteroatoms. The van der Waals surface area contributed by atoms with Gasteiger partial charge in [0, 0.05) is 11.0 Å². The van der Waals surface area contributed by atoms with Crippen molar-refractivity contribution < 1.29 is 4.74 Å². The molecule has 2 rings (SSSR count). The normalized spacial score (nSPS) is 9.95. The average Bonchev–Trinajstić information content (AvgIpc) is 2.42. The van der Waals surface area contributed by atoms with E-state index in [0.29, 0.717) is 11.3 Å². The second kappa shape index (κ2) is 6.37. The molecule has 0 unspecified atom stereocenters. The number of hydrogen-bond donors (Lipinski definition) is 1. The Bertz CT molecular complexity index is 603. The van der Waals surface area contributed by atoms with Crippen LogP contribution in [-0.4, -0.2) is 7.05 Å². The highest BCUT2D eigenvalue weighted by Crippen LogP contribution is 2.28. The number of rotatable bonds is 4. The number of nitrogens with zero attached hydrogens (tertiary/aromatic N) is 1. The van der Waals surface area contributed by atoms with Crippen molar-refractivity contribution in [2.24, 2.45) is 0 Å². The van der Waals surface area contributed by atoms with Crippen molar-refractivity contribution >= 4 is 15.9 Å². The van der Waals surface area contributed by atoms with Crippen molar-refractivity contribution in [2.45, 2.75) is 6.54 Å². The molecule has 0 fully saturated rings. The standard InChI is InChI=1S/C15H13BrN2O/c1-18-10-11-2-6-14(7-3-11)19-15-8-13(16)5-4-12(15)9-17/h2-8,18H,10H2,1H3. The molecule has 2 aromatic rings. The molecule has 0 saturated heterocycles. The van der Waals surface area contributed by atoms with Gasteiger partial charge in [0.25, 0.3) is 0 Å². The zero-order valence-electron chi connectivity index (χ0n) is 10.5. The summed E-state index contributed by atoms with van der Waals surface area (Å²) in [4.78, 5) is 0. The summed E-state index contributed by atoms with van der Waals surface area (Å²) in [5, 5.41) is 12.1. The van der Waals surface area contributed by atoms with E-state index in [1.807, 2.05) is 37.4 Å². The fourth-order valence-corrected chi connectivity index (χ4v) is 2.02. The number of ether oxygens (including phenoxy) is 1. The minimum atomic E-state index is 0.516. The van der Waals surface area contributed by atoms with Crippen molar-refractivity contribution in [3.8, 4) is 17.6 Å². The van der Waals surface area contributed by atoms with Gasteiger partial charge in [0.05, 0.1) is 5.56 Å². The summed E-state index contributed by atoms with van der Waals surface area (Å²) in [6, 6.07) is 15.2. The lowest BCUT2D eigenvalue weighted by Gasteiger charge is -2.08. The first-order valence-corrected chi connectivity index (χ1v) is 6.63. The molecule has 19 heavy (non-hydrogen) atoms. The van der Waals surface area contributed by atoms with Crippen LogP contribution < -0.4 is 10.1 Å². The highest BCUT2D eigenvalue weighted by molar-refractivity contribution is 9.10. The van der Waals surface area contributed by atoms with Crippen molar-refractivity contribution in [2.75, 3.05) is 7.05 Å². The monoisotopic (exact) mass is 316 g/mol. The summed E-state index contributed by atoms with van der Waals surface area (Å²) in [7, 11) is 1.91. The predicted octanol–water partition coefficient (Wildman–Crippen LogP) is 3.83. The van der Waals surface area contributed by atoms with E-state index >= 15 is 0 Å². The molecule has 0 aliphatic rings. The largest absolute Gasteiger partial charge is 0.456 e. The Balaban J connectivity index is 2.21. The van der Waals surface area contributed by atoms with Crippen LogP contribution in [0.3, 0.4) is 0 Å². The molecule has 0 aliphatic carbocycles. The summed E-state index contributed by atoms with van der Waals surface area (Å²) >= 11 is 3.37. The van der Waals surface area contributed by atoms with Gasteiger partial charge in [-0.25, -0.2) is 0 Å². The van der Waals surface area contributed by atoms with Crippen LogP contribution in [0.2, 0.25) is 0 Å². The Morgan fingerprint density at radius 1 is 1.21 bits per heavy atom. The first-order chi connectivity index (χ1) is 9.22. The first kappa shape index (κ1) is 13.6. The van der Waals surface area contributed by atoms with Crippen LogP contribution >= 0.6 is 15.9 Å². The summed E-state index contributed by atoms with van der Waals surface area (Å²) in [6.07, 6.45) is 0. The zero-order chi connectivity index (χ0) is 13.7. The molecule has 0 aromatic heterocycles. The Morgan fingerprint density at radius 2 is 1.95 bits per heavy atom. The molecule has 0 saturated carbocycles. The van der Waals surface area contributed by atoms with Crippen LogP contribution in [0.4, 0.5) is 0 Å². The van der Waals surface area contributed by atoms with Gasteiger partial charge in [-0.05, 0) is 42.9 Å². The van der Waals surface area contributed by atoms with Gasteiger partial charge in [0.15, 0.2) is 0 Å². The van der Waals surface area contributed by atoms with Crippen LogP contribution in [0.1, 0.15) is 11.1 Å². The lowest BCUT2D eigenvalue weighted by Crippen LogP contribution is -2.04. The molecule has 1 N–H and O–H groups in total. The van der Waals surface area contributed by atoms with E-state index in [9.17, 15) is 0 Å². The van der Waals surface area contributed by atoms with Gasteiger partial charge in [-0.1, -0.05) is 28.1 Å². The van der Waals surface area contributed by atoms with Gasteiger partial charge in [-0.15, -0.1) is 0 Å². The second-order valence-corrected chi connectivity index (χ2v) is 4.94. The van der Waals surface area contributed by atoms with E-state index in [1.54, 1.807) is 12.1 Å². The van der Waals surface area contributed by atoms with Gasteiger partial charge in [0.2, 0.25) is 0 Å². The SMILES string of the molecule is CNCc1ccc(Oc2cc(Br)ccc2C#N)cc1. The lowest BCUT2D eigenvalue weighted by atomic mass is 10.2. The third-order valence-electron chi connectivity index (χ3n) is 2.60. The van der Waals surface area contributed by atoms with E-state index in [4.69, 9.17) is 10.00 Å². The van der Waals surface area contributed by atoms with E-state index < -0.39 is 0 Å². The van der Waals surface area contributed by atoms with Crippen molar-refractivity contribution in [1.29, 1.82) is 5.26 Å². The third kappa shape index (κ3) is 3.57. The van der Waals surface area contributed by atoms with Gasteiger partial charge < -0.3 is 10.1 Å². The van der Waals surface area contributed by atoms with Gasteiger partial charge in [-0.2, -0.15) is 5.26 Å². The molecule has 0 aliphatic heterocycles. The summed E-state index contributed by atoms with van der Waals surface area (Å²) in [6.45, 7) is 0.820. The second-order valence-electron chi connectivity index (χ2n) is 4.03. The van der Waals surface area contributed by atoms with E-state index in [2.05, 4.69) is 27.3 Å². The van der Waals surface area contributed by atoms with Crippen LogP contribution in [0.15, 0.2) is 46.9 Å². The Hall–Kier alpha value is -1.83. The van der Waals surface area contributed by atoms with E-state index in [0.717, 1.165) is 16.8 Å². The van der Waals surface area contributed by atoms with Crippen LogP contribution in [0.25, 0.3) is 0 Å². The average molecular weight is 317 g/mol. The molecule has 0 spiro atoms. The van der Waals surface area contributed by atoms with Crippen molar-refractivity contribution in [3.05, 3.63) is 58.1 Å². The topological polar surface area (TPSA) is 45.0 Å². The molecule has 96 valence electrons. The quantitative estimate of drug-likeness (QED) is 0.932. The fourth-order valence-electron chi connectivity index (χ4n) is 1.68. The van der Waals surface area contributed by atoms with Crippen LogP contribution in [0.5, 0.6) is 11.5 Å². The number of hydrogen-bond acceptors (Lipinski definition) is 3. The summed E-state index contributed by atoms with van der Waals surface area (Å²) < 4.78 is 6.62. The highest BCUT2D eigenvalue weighted by Gasteiger charge is 2.05. The molecular weight excluding hydrogens is 304 g/mol. The Morgan fingerprint density at radius 3 is 2.58 bits per heavy atom. The van der Waals surface area contributed by atoms with Crippen LogP contribution in [-0.2, 0) is 6.54 Å². The van der Waals surface area contributed by atoms with E-state index in [-0.39, 0.29) is 0 Å². The van der Waals surface area contributed by atoms with E-state index in [1.165, 1.54) is 5.56 Å². The number of nitriles is 1. The molecule has 0 bridgehead atoms. The third-order valence-corrected chi connectivity index (χ3v) is 3.09. The predicted molar refractivity (Wildman–Crippen MR) is 78.1 cm³/mol. The molecular formula is C15H13BrN2O. The smallest absolute Gasteiger partial charge is 0.146 e. The minimum Gasteiger partial charge on any atom is -0.456 e. The maximum absolute atomic E-state index is 9.05. The molecule has 3 nitrogen and oxygen atoms in total. The minimum absolute atomic E-state index is 0.516. The molecule has 0 radical (unpaired) electrons. The number of halogens is 1. The molecule has 0 heterocycles. The fraction of sp³-hybridized carbons (Fsp3) is 0.133. The maximum atomic E-state index is 9.05. The lowest BCUT2D eigenvalue weighted by molar-refractivity contribution is 0.480.